The summed E-state index contributed by atoms with van der Waals surface area (Å²) in [5, 5.41) is 0. The van der Waals surface area contributed by atoms with Crippen LogP contribution in [0.25, 0.3) is 0 Å². The summed E-state index contributed by atoms with van der Waals surface area (Å²) in [6.07, 6.45) is 5.23. The molecule has 3 aliphatic carbocycles. The standard InChI is InChI=1S/C20H26I2N2O6/c1-19(21,20-22(23-20)24-20)18(27)30-16-12-7-11-10(8-13(25)29-15(11)16)14(12)17(26)28-9-5-3-2-4-6-9/h9-12,14-16,23-24H,2-8H2,1H3. The fourth-order valence-corrected chi connectivity index (χ4v) is 13.9. The summed E-state index contributed by atoms with van der Waals surface area (Å²) in [5.41, 5.74) is 0. The monoisotopic (exact) mass is 644 g/mol. The van der Waals surface area contributed by atoms with Crippen molar-refractivity contribution in [3.8, 4) is 0 Å². The number of esters is 3. The molecule has 0 amide bonds. The normalized spacial score (nSPS) is 43.3. The molecule has 0 spiro atoms. The van der Waals surface area contributed by atoms with E-state index in [0.717, 1.165) is 32.1 Å². The summed E-state index contributed by atoms with van der Waals surface area (Å²) in [6, 6.07) is 0. The molecule has 3 saturated carbocycles. The summed E-state index contributed by atoms with van der Waals surface area (Å²) in [5.74, 6) is -1.27. The first-order valence-electron chi connectivity index (χ1n) is 10.9. The number of halogens is 2. The Hall–Kier alpha value is -0.210. The second-order valence-electron chi connectivity index (χ2n) is 9.61. The average molecular weight is 644 g/mol. The molecule has 7 unspecified atom stereocenters. The molecule has 3 saturated heterocycles. The third-order valence-electron chi connectivity index (χ3n) is 7.90. The van der Waals surface area contributed by atoms with Crippen molar-refractivity contribution in [3.05, 3.63) is 0 Å². The Morgan fingerprint density at radius 2 is 1.87 bits per heavy atom. The van der Waals surface area contributed by atoms with Gasteiger partial charge in [-0.25, -0.2) is 0 Å². The van der Waals surface area contributed by atoms with Crippen LogP contribution >= 0.6 is 43.0 Å². The number of carbonyl (C=O) groups excluding carboxylic acids is 3. The molecule has 3 aliphatic heterocycles. The van der Waals surface area contributed by atoms with Crippen molar-refractivity contribution in [1.29, 1.82) is 0 Å². The molecule has 166 valence electrons. The molecule has 0 aromatic carbocycles. The van der Waals surface area contributed by atoms with Crippen molar-refractivity contribution in [3.63, 3.8) is 0 Å². The predicted molar refractivity (Wildman–Crippen MR) is 121 cm³/mol. The number of rotatable bonds is 5. The molecule has 30 heavy (non-hydrogen) atoms. The van der Waals surface area contributed by atoms with Gasteiger partial charge in [-0.1, -0.05) is 6.42 Å². The zero-order valence-corrected chi connectivity index (χ0v) is 21.0. The second-order valence-corrected chi connectivity index (χ2v) is 16.1. The average Bonchev–Trinajstić information content (AvgIpc) is 3.51. The van der Waals surface area contributed by atoms with E-state index in [4.69, 9.17) is 14.2 Å². The van der Waals surface area contributed by atoms with Crippen molar-refractivity contribution in [1.82, 2.24) is 7.06 Å². The van der Waals surface area contributed by atoms with Crippen LogP contribution in [0, 0.1) is 23.7 Å². The molecule has 2 bridgehead atoms. The Kier molecular flexibility index (Phi) is 4.69. The number of hydrogen-bond acceptors (Lipinski definition) is 8. The number of nitrogens with one attached hydrogen (secondary N) is 2. The molecule has 0 aromatic heterocycles. The van der Waals surface area contributed by atoms with Crippen LogP contribution in [0.15, 0.2) is 0 Å². The van der Waals surface area contributed by atoms with E-state index < -0.39 is 36.0 Å². The van der Waals surface area contributed by atoms with Crippen LogP contribution in [-0.4, -0.2) is 43.3 Å². The first-order chi connectivity index (χ1) is 14.3. The van der Waals surface area contributed by atoms with Crippen LogP contribution in [0.1, 0.15) is 51.9 Å². The minimum atomic E-state index is -1.32. The number of hydrogen-bond donors (Lipinski definition) is 2. The Labute approximate surface area is 196 Å². The van der Waals surface area contributed by atoms with E-state index in [9.17, 15) is 14.4 Å². The van der Waals surface area contributed by atoms with Crippen molar-refractivity contribution >= 4 is 60.9 Å². The summed E-state index contributed by atoms with van der Waals surface area (Å²) in [7, 11) is 0. The van der Waals surface area contributed by atoms with Gasteiger partial charge in [-0.2, -0.15) is 0 Å². The van der Waals surface area contributed by atoms with Crippen molar-refractivity contribution in [2.24, 2.45) is 23.7 Å². The fraction of sp³-hybridized carbons (Fsp3) is 0.850. The van der Waals surface area contributed by atoms with Crippen LogP contribution < -0.4 is 7.06 Å². The maximum atomic E-state index is 13.2. The van der Waals surface area contributed by atoms with Crippen LogP contribution in [0.4, 0.5) is 0 Å². The molecule has 6 rings (SSSR count). The molecule has 10 heteroatoms. The Bertz CT molecular complexity index is 809. The van der Waals surface area contributed by atoms with E-state index in [1.165, 1.54) is 6.42 Å². The van der Waals surface area contributed by atoms with Gasteiger partial charge in [0.25, 0.3) is 0 Å². The van der Waals surface area contributed by atoms with E-state index in [0.29, 0.717) is 0 Å². The third-order valence-corrected chi connectivity index (χ3v) is 15.0. The molecular weight excluding hydrogens is 618 g/mol. The van der Waals surface area contributed by atoms with Gasteiger partial charge in [-0.15, -0.1) is 0 Å². The van der Waals surface area contributed by atoms with Crippen molar-refractivity contribution in [2.75, 3.05) is 0 Å². The van der Waals surface area contributed by atoms with Gasteiger partial charge in [-0.3, -0.25) is 0 Å². The zero-order chi connectivity index (χ0) is 20.8. The van der Waals surface area contributed by atoms with Crippen LogP contribution in [0.2, 0.25) is 0 Å². The number of ether oxygens (including phenoxy) is 3. The first kappa shape index (κ1) is 20.4. The van der Waals surface area contributed by atoms with Gasteiger partial charge >= 0.3 is 191 Å². The summed E-state index contributed by atoms with van der Waals surface area (Å²) < 4.78 is 23.4. The van der Waals surface area contributed by atoms with E-state index in [2.05, 4.69) is 29.7 Å². The quantitative estimate of drug-likeness (QED) is 0.0891. The molecule has 6 fully saturated rings. The van der Waals surface area contributed by atoms with Gasteiger partial charge < -0.3 is 0 Å². The molecule has 7 atom stereocenters. The summed E-state index contributed by atoms with van der Waals surface area (Å²) >= 11 is 0.846. The SMILES string of the molecule is CC(I)(C(=O)OC1C2CC3C(CC(=O)OC31)C2C(=O)OC1CCCCC1)C12NI1N2. The molecule has 0 radical (unpaired) electrons. The maximum absolute atomic E-state index is 13.2. The topological polar surface area (TPSA) is 123 Å². The van der Waals surface area contributed by atoms with Gasteiger partial charge in [0.05, 0.1) is 0 Å². The van der Waals surface area contributed by atoms with E-state index >= 15 is 0 Å². The van der Waals surface area contributed by atoms with Gasteiger partial charge in [0.1, 0.15) is 0 Å². The van der Waals surface area contributed by atoms with Crippen LogP contribution in [0.5, 0.6) is 0 Å². The minimum absolute atomic E-state index is 0.0149. The third kappa shape index (κ3) is 2.91. The van der Waals surface area contributed by atoms with Crippen molar-refractivity contribution < 1.29 is 28.6 Å². The summed E-state index contributed by atoms with van der Waals surface area (Å²) in [4.78, 5) is 38.6. The Balaban J connectivity index is 1.21. The van der Waals surface area contributed by atoms with E-state index in [-0.39, 0.29) is 57.8 Å². The fourth-order valence-electron chi connectivity index (χ4n) is 6.13. The molecule has 8 nitrogen and oxygen atoms in total. The Morgan fingerprint density at radius 1 is 1.17 bits per heavy atom. The molecular formula is C20H26I2N2O6. The van der Waals surface area contributed by atoms with Crippen LogP contribution in [0.3, 0.4) is 0 Å². The molecule has 6 aliphatic rings. The molecule has 0 aromatic rings. The number of carbonyl (C=O) groups is 3. The van der Waals surface area contributed by atoms with Gasteiger partial charge in [0, 0.05) is 0 Å². The number of fused-ring (bicyclic) bond motifs is 2. The summed E-state index contributed by atoms with van der Waals surface area (Å²) in [6.45, 7) is 1.89. The van der Waals surface area contributed by atoms with Gasteiger partial charge in [0.15, 0.2) is 0 Å². The first-order valence-corrected chi connectivity index (χ1v) is 15.2. The molecule has 2 N–H and O–H groups in total. The predicted octanol–water partition coefficient (Wildman–Crippen LogP) is 2.36. The van der Waals surface area contributed by atoms with Crippen LogP contribution in [-0.2, 0) is 28.6 Å². The number of alkyl halides is 2. The van der Waals surface area contributed by atoms with Gasteiger partial charge in [-0.05, 0) is 0 Å². The zero-order valence-electron chi connectivity index (χ0n) is 16.7. The van der Waals surface area contributed by atoms with Crippen molar-refractivity contribution in [2.45, 2.75) is 77.3 Å². The van der Waals surface area contributed by atoms with E-state index in [1.807, 2.05) is 6.92 Å². The molecule has 3 heterocycles. The van der Waals surface area contributed by atoms with Gasteiger partial charge in [0.2, 0.25) is 0 Å². The second kappa shape index (κ2) is 6.89. The van der Waals surface area contributed by atoms with E-state index in [1.54, 1.807) is 0 Å². The Morgan fingerprint density at radius 3 is 2.53 bits per heavy atom.